The standard InChI is InChI=1S/C14H20FN3O3/c1-9-13(21-7-5-16-9)10-2-3-12(11(15)8-10)18-14(20)17-4-6-19/h2-3,8-9,13,16,19H,4-7H2,1H3,(H2,17,18,20). The van der Waals surface area contributed by atoms with Crippen molar-refractivity contribution >= 4 is 11.7 Å². The zero-order valence-electron chi connectivity index (χ0n) is 11.9. The van der Waals surface area contributed by atoms with E-state index in [1.54, 1.807) is 6.07 Å². The van der Waals surface area contributed by atoms with E-state index in [1.165, 1.54) is 12.1 Å². The monoisotopic (exact) mass is 297 g/mol. The summed E-state index contributed by atoms with van der Waals surface area (Å²) < 4.78 is 19.7. The number of urea groups is 1. The highest BCUT2D eigenvalue weighted by Crippen LogP contribution is 2.26. The molecule has 116 valence electrons. The number of benzene rings is 1. The first kappa shape index (κ1) is 15.7. The highest BCUT2D eigenvalue weighted by atomic mass is 19.1. The highest BCUT2D eigenvalue weighted by Gasteiger charge is 2.24. The van der Waals surface area contributed by atoms with E-state index < -0.39 is 11.8 Å². The maximum atomic E-state index is 14.0. The number of anilines is 1. The van der Waals surface area contributed by atoms with Crippen molar-refractivity contribution in [2.75, 3.05) is 31.6 Å². The molecule has 2 atom stereocenters. The Hall–Kier alpha value is -1.70. The molecule has 7 heteroatoms. The van der Waals surface area contributed by atoms with Crippen molar-refractivity contribution in [1.82, 2.24) is 10.6 Å². The summed E-state index contributed by atoms with van der Waals surface area (Å²) in [6.07, 6.45) is -0.203. The van der Waals surface area contributed by atoms with Crippen molar-refractivity contribution in [3.63, 3.8) is 0 Å². The van der Waals surface area contributed by atoms with Gasteiger partial charge in [0.1, 0.15) is 5.82 Å². The number of ether oxygens (including phenoxy) is 1. The van der Waals surface area contributed by atoms with Crippen LogP contribution < -0.4 is 16.0 Å². The van der Waals surface area contributed by atoms with Crippen molar-refractivity contribution in [2.24, 2.45) is 0 Å². The number of rotatable bonds is 4. The largest absolute Gasteiger partial charge is 0.395 e. The summed E-state index contributed by atoms with van der Waals surface area (Å²) in [5, 5.41) is 16.7. The smallest absolute Gasteiger partial charge is 0.319 e. The lowest BCUT2D eigenvalue weighted by atomic mass is 10.0. The minimum Gasteiger partial charge on any atom is -0.395 e. The van der Waals surface area contributed by atoms with Crippen LogP contribution in [0.2, 0.25) is 0 Å². The number of nitrogens with one attached hydrogen (secondary N) is 3. The average Bonchev–Trinajstić information content (AvgIpc) is 2.48. The number of halogens is 1. The molecule has 0 aromatic heterocycles. The van der Waals surface area contributed by atoms with Crippen LogP contribution >= 0.6 is 0 Å². The molecule has 1 aliphatic heterocycles. The first-order valence-corrected chi connectivity index (χ1v) is 6.92. The second-order valence-electron chi connectivity index (χ2n) is 4.88. The fourth-order valence-corrected chi connectivity index (χ4v) is 2.25. The molecule has 0 saturated carbocycles. The zero-order valence-corrected chi connectivity index (χ0v) is 11.9. The number of morpholine rings is 1. The van der Waals surface area contributed by atoms with Crippen molar-refractivity contribution in [3.8, 4) is 0 Å². The van der Waals surface area contributed by atoms with Crippen molar-refractivity contribution in [2.45, 2.75) is 19.1 Å². The van der Waals surface area contributed by atoms with Gasteiger partial charge in [-0.1, -0.05) is 6.07 Å². The summed E-state index contributed by atoms with van der Waals surface area (Å²) in [7, 11) is 0. The summed E-state index contributed by atoms with van der Waals surface area (Å²) >= 11 is 0. The maximum absolute atomic E-state index is 14.0. The number of amides is 2. The molecule has 1 aromatic carbocycles. The van der Waals surface area contributed by atoms with Gasteiger partial charge in [0.05, 0.1) is 25.0 Å². The first-order valence-electron chi connectivity index (χ1n) is 6.92. The Labute approximate surface area is 122 Å². The van der Waals surface area contributed by atoms with Gasteiger partial charge in [0, 0.05) is 19.1 Å². The van der Waals surface area contributed by atoms with Crippen LogP contribution in [-0.4, -0.2) is 43.5 Å². The minimum absolute atomic E-state index is 0.0885. The molecule has 1 fully saturated rings. The second-order valence-corrected chi connectivity index (χ2v) is 4.88. The minimum atomic E-state index is -0.556. The third-order valence-electron chi connectivity index (χ3n) is 3.29. The van der Waals surface area contributed by atoms with E-state index in [9.17, 15) is 9.18 Å². The molecule has 0 aliphatic carbocycles. The van der Waals surface area contributed by atoms with Gasteiger partial charge >= 0.3 is 6.03 Å². The fourth-order valence-electron chi connectivity index (χ4n) is 2.25. The Balaban J connectivity index is 2.04. The molecule has 6 nitrogen and oxygen atoms in total. The van der Waals surface area contributed by atoms with Gasteiger partial charge in [-0.25, -0.2) is 9.18 Å². The molecule has 0 bridgehead atoms. The molecule has 1 saturated heterocycles. The van der Waals surface area contributed by atoms with Gasteiger partial charge in [-0.2, -0.15) is 0 Å². The third-order valence-corrected chi connectivity index (χ3v) is 3.29. The van der Waals surface area contributed by atoms with E-state index in [0.29, 0.717) is 6.61 Å². The van der Waals surface area contributed by atoms with E-state index in [2.05, 4.69) is 16.0 Å². The van der Waals surface area contributed by atoms with Crippen LogP contribution in [0.4, 0.5) is 14.9 Å². The quantitative estimate of drug-likeness (QED) is 0.668. The lowest BCUT2D eigenvalue weighted by Gasteiger charge is -2.30. The fraction of sp³-hybridized carbons (Fsp3) is 0.500. The van der Waals surface area contributed by atoms with Crippen LogP contribution in [0.15, 0.2) is 18.2 Å². The Morgan fingerprint density at radius 3 is 3.05 bits per heavy atom. The summed E-state index contributed by atoms with van der Waals surface area (Å²) in [4.78, 5) is 11.4. The predicted octanol–water partition coefficient (Wildman–Crippen LogP) is 0.989. The molecule has 2 unspecified atom stereocenters. The number of hydrogen-bond acceptors (Lipinski definition) is 4. The third kappa shape index (κ3) is 4.13. The Morgan fingerprint density at radius 1 is 1.57 bits per heavy atom. The molecule has 0 spiro atoms. The molecule has 4 N–H and O–H groups in total. The van der Waals surface area contributed by atoms with Crippen LogP contribution in [0.25, 0.3) is 0 Å². The maximum Gasteiger partial charge on any atom is 0.319 e. The van der Waals surface area contributed by atoms with Crippen LogP contribution in [0.1, 0.15) is 18.6 Å². The Bertz CT molecular complexity index is 498. The van der Waals surface area contributed by atoms with Gasteiger partial charge in [-0.15, -0.1) is 0 Å². The SMILES string of the molecule is CC1NCCOC1c1ccc(NC(=O)NCCO)c(F)c1. The molecule has 1 aliphatic rings. The van der Waals surface area contributed by atoms with Gasteiger partial charge in [0.2, 0.25) is 0 Å². The predicted molar refractivity (Wildman–Crippen MR) is 76.7 cm³/mol. The number of hydrogen-bond donors (Lipinski definition) is 4. The summed E-state index contributed by atoms with van der Waals surface area (Å²) in [6.45, 7) is 3.30. The molecule has 2 rings (SSSR count). The highest BCUT2D eigenvalue weighted by molar-refractivity contribution is 5.89. The van der Waals surface area contributed by atoms with E-state index in [1.807, 2.05) is 6.92 Å². The van der Waals surface area contributed by atoms with Gasteiger partial charge in [-0.05, 0) is 24.6 Å². The molecule has 1 aromatic rings. The number of aliphatic hydroxyl groups is 1. The van der Waals surface area contributed by atoms with E-state index in [4.69, 9.17) is 9.84 Å². The van der Waals surface area contributed by atoms with Crippen LogP contribution in [0.5, 0.6) is 0 Å². The van der Waals surface area contributed by atoms with Crippen LogP contribution in [-0.2, 0) is 4.74 Å². The van der Waals surface area contributed by atoms with Gasteiger partial charge in [-0.3, -0.25) is 0 Å². The summed E-state index contributed by atoms with van der Waals surface area (Å²) in [6, 6.07) is 4.16. The van der Waals surface area contributed by atoms with Crippen LogP contribution in [0.3, 0.4) is 0 Å². The molecule has 0 radical (unpaired) electrons. The Morgan fingerprint density at radius 2 is 2.38 bits per heavy atom. The number of carbonyl (C=O) groups is 1. The topological polar surface area (TPSA) is 82.6 Å². The molecule has 2 amide bonds. The summed E-state index contributed by atoms with van der Waals surface area (Å²) in [5.74, 6) is -0.520. The van der Waals surface area contributed by atoms with Crippen molar-refractivity contribution < 1.29 is 19.0 Å². The molecular formula is C14H20FN3O3. The van der Waals surface area contributed by atoms with E-state index in [-0.39, 0.29) is 31.0 Å². The normalized spacial score (nSPS) is 21.9. The van der Waals surface area contributed by atoms with Gasteiger partial charge in [0.15, 0.2) is 0 Å². The second kappa shape index (κ2) is 7.35. The van der Waals surface area contributed by atoms with Crippen molar-refractivity contribution in [3.05, 3.63) is 29.6 Å². The zero-order chi connectivity index (χ0) is 15.2. The van der Waals surface area contributed by atoms with Gasteiger partial charge in [0.25, 0.3) is 0 Å². The number of aliphatic hydroxyl groups excluding tert-OH is 1. The first-order chi connectivity index (χ1) is 10.1. The number of carbonyl (C=O) groups excluding carboxylic acids is 1. The lowest BCUT2D eigenvalue weighted by molar-refractivity contribution is -0.000368. The molecular weight excluding hydrogens is 277 g/mol. The molecule has 1 heterocycles. The summed E-state index contributed by atoms with van der Waals surface area (Å²) in [5.41, 5.74) is 0.819. The van der Waals surface area contributed by atoms with E-state index >= 15 is 0 Å². The average molecular weight is 297 g/mol. The van der Waals surface area contributed by atoms with Crippen molar-refractivity contribution in [1.29, 1.82) is 0 Å². The van der Waals surface area contributed by atoms with Gasteiger partial charge < -0.3 is 25.8 Å². The lowest BCUT2D eigenvalue weighted by Crippen LogP contribution is -2.41. The molecule has 21 heavy (non-hydrogen) atoms. The Kier molecular flexibility index (Phi) is 5.49. The van der Waals surface area contributed by atoms with E-state index in [0.717, 1.165) is 12.1 Å². The van der Waals surface area contributed by atoms with Crippen LogP contribution in [0, 0.1) is 5.82 Å².